The van der Waals surface area contributed by atoms with Gasteiger partial charge in [-0.25, -0.2) is 0 Å². The van der Waals surface area contributed by atoms with Gasteiger partial charge in [0.05, 0.1) is 11.6 Å². The van der Waals surface area contributed by atoms with Crippen molar-refractivity contribution in [3.63, 3.8) is 0 Å². The molecule has 94 valence electrons. The molecule has 2 heterocycles. The summed E-state index contributed by atoms with van der Waals surface area (Å²) in [5.74, 6) is 0.243. The van der Waals surface area contributed by atoms with Crippen LogP contribution in [0.15, 0.2) is 63.5 Å². The number of hydrogen-bond acceptors (Lipinski definition) is 3. The largest absolute Gasteiger partial charge is 0.391 e. The molecule has 0 fully saturated rings. The molecule has 2 atom stereocenters. The summed E-state index contributed by atoms with van der Waals surface area (Å²) >= 11 is 1.83. The highest BCUT2D eigenvalue weighted by atomic mass is 32.2. The van der Waals surface area contributed by atoms with Crippen molar-refractivity contribution in [3.05, 3.63) is 59.7 Å². The van der Waals surface area contributed by atoms with Gasteiger partial charge >= 0.3 is 0 Å². The summed E-state index contributed by atoms with van der Waals surface area (Å²) in [6, 6.07) is 17.0. The molecular formula is C16H13NOS. The van der Waals surface area contributed by atoms with Crippen molar-refractivity contribution in [2.75, 3.05) is 0 Å². The summed E-state index contributed by atoms with van der Waals surface area (Å²) in [7, 11) is 0. The van der Waals surface area contributed by atoms with Gasteiger partial charge in [-0.3, -0.25) is 0 Å². The van der Waals surface area contributed by atoms with Gasteiger partial charge in [0.2, 0.25) is 0 Å². The van der Waals surface area contributed by atoms with Crippen LogP contribution in [0.2, 0.25) is 0 Å². The highest BCUT2D eigenvalue weighted by Crippen LogP contribution is 2.45. The fourth-order valence-corrected chi connectivity index (χ4v) is 3.94. The van der Waals surface area contributed by atoms with Crippen LogP contribution >= 0.6 is 11.8 Å². The summed E-state index contributed by atoms with van der Waals surface area (Å²) in [6.07, 6.45) is 0.0999. The van der Waals surface area contributed by atoms with Crippen LogP contribution in [-0.2, 0) is 4.84 Å². The molecule has 0 amide bonds. The van der Waals surface area contributed by atoms with Crippen molar-refractivity contribution >= 4 is 17.5 Å². The Kier molecular flexibility index (Phi) is 2.42. The molecule has 0 spiro atoms. The van der Waals surface area contributed by atoms with E-state index in [4.69, 9.17) is 4.84 Å². The molecule has 2 unspecified atom stereocenters. The van der Waals surface area contributed by atoms with E-state index in [-0.39, 0.29) is 12.0 Å². The van der Waals surface area contributed by atoms with Crippen molar-refractivity contribution in [1.82, 2.24) is 0 Å². The van der Waals surface area contributed by atoms with Crippen LogP contribution in [0.3, 0.4) is 0 Å². The summed E-state index contributed by atoms with van der Waals surface area (Å²) < 4.78 is 0. The van der Waals surface area contributed by atoms with Crippen LogP contribution in [0.4, 0.5) is 0 Å². The smallest absolute Gasteiger partial charge is 0.137 e. The number of fused-ring (bicyclic) bond motifs is 5. The Bertz CT molecular complexity index is 680. The first-order valence-electron chi connectivity index (χ1n) is 6.44. The zero-order valence-corrected chi connectivity index (χ0v) is 11.4. The lowest BCUT2D eigenvalue weighted by atomic mass is 9.87. The molecule has 19 heavy (non-hydrogen) atoms. The highest BCUT2D eigenvalue weighted by molar-refractivity contribution is 7.99. The molecular weight excluding hydrogens is 254 g/mol. The molecule has 2 nitrogen and oxygen atoms in total. The molecule has 2 aromatic carbocycles. The first-order chi connectivity index (χ1) is 9.34. The van der Waals surface area contributed by atoms with Crippen molar-refractivity contribution < 1.29 is 4.84 Å². The third kappa shape index (κ3) is 1.61. The molecule has 0 saturated heterocycles. The zero-order chi connectivity index (χ0) is 12.8. The summed E-state index contributed by atoms with van der Waals surface area (Å²) in [5.41, 5.74) is 3.60. The van der Waals surface area contributed by atoms with Gasteiger partial charge in [-0.1, -0.05) is 53.3 Å². The molecule has 0 radical (unpaired) electrons. The second-order valence-corrected chi connectivity index (χ2v) is 5.98. The van der Waals surface area contributed by atoms with Crippen LogP contribution in [0.1, 0.15) is 24.0 Å². The van der Waals surface area contributed by atoms with Gasteiger partial charge in [0, 0.05) is 15.4 Å². The Morgan fingerprint density at radius 1 is 1.00 bits per heavy atom. The maximum Gasteiger partial charge on any atom is 0.137 e. The number of rotatable bonds is 0. The lowest BCUT2D eigenvalue weighted by Gasteiger charge is -2.15. The lowest BCUT2D eigenvalue weighted by molar-refractivity contribution is 0.0901. The van der Waals surface area contributed by atoms with Crippen LogP contribution in [0.5, 0.6) is 0 Å². The Morgan fingerprint density at radius 3 is 2.63 bits per heavy atom. The molecule has 2 aromatic rings. The average Bonchev–Trinajstić information content (AvgIpc) is 2.75. The quantitative estimate of drug-likeness (QED) is 0.718. The summed E-state index contributed by atoms with van der Waals surface area (Å²) in [5, 5.41) is 4.34. The Labute approximate surface area is 116 Å². The molecule has 3 heteroatoms. The fraction of sp³-hybridized carbons (Fsp3) is 0.188. The van der Waals surface area contributed by atoms with E-state index in [1.807, 2.05) is 11.8 Å². The molecule has 0 aliphatic carbocycles. The van der Waals surface area contributed by atoms with E-state index in [9.17, 15) is 0 Å². The van der Waals surface area contributed by atoms with Crippen LogP contribution in [0.25, 0.3) is 0 Å². The van der Waals surface area contributed by atoms with Gasteiger partial charge in [0.1, 0.15) is 6.10 Å². The maximum absolute atomic E-state index is 5.55. The monoisotopic (exact) mass is 267 g/mol. The van der Waals surface area contributed by atoms with Crippen molar-refractivity contribution in [2.24, 2.45) is 5.16 Å². The average molecular weight is 267 g/mol. The van der Waals surface area contributed by atoms with E-state index < -0.39 is 0 Å². The molecule has 2 aliphatic heterocycles. The molecule has 4 rings (SSSR count). The predicted octanol–water partition coefficient (Wildman–Crippen LogP) is 4.06. The first-order valence-corrected chi connectivity index (χ1v) is 7.26. The molecule has 0 N–H and O–H groups in total. The summed E-state index contributed by atoms with van der Waals surface area (Å²) in [4.78, 5) is 8.11. The Balaban J connectivity index is 2.00. The van der Waals surface area contributed by atoms with E-state index in [1.165, 1.54) is 20.9 Å². The predicted molar refractivity (Wildman–Crippen MR) is 76.8 cm³/mol. The maximum atomic E-state index is 5.55. The van der Waals surface area contributed by atoms with E-state index in [0.29, 0.717) is 0 Å². The van der Waals surface area contributed by atoms with Gasteiger partial charge in [-0.15, -0.1) is 0 Å². The molecule has 0 aromatic heterocycles. The Morgan fingerprint density at radius 2 is 1.74 bits per heavy atom. The minimum atomic E-state index is 0.0999. The van der Waals surface area contributed by atoms with Gasteiger partial charge in [-0.2, -0.15) is 0 Å². The zero-order valence-electron chi connectivity index (χ0n) is 10.5. The second-order valence-electron chi connectivity index (χ2n) is 4.90. The topological polar surface area (TPSA) is 21.6 Å². The number of hydrogen-bond donors (Lipinski definition) is 0. The lowest BCUT2D eigenvalue weighted by Crippen LogP contribution is -2.19. The Hall–Kier alpha value is -1.74. The fourth-order valence-electron chi connectivity index (χ4n) is 2.81. The van der Waals surface area contributed by atoms with Crippen molar-refractivity contribution in [1.29, 1.82) is 0 Å². The number of benzene rings is 2. The van der Waals surface area contributed by atoms with Crippen LogP contribution < -0.4 is 0 Å². The van der Waals surface area contributed by atoms with E-state index >= 15 is 0 Å². The standard InChI is InChI=1S/C16H13NOS/c1-10-15-11-6-2-4-8-13(11)19-14-9-5-3-7-12(14)16(15)17-18-10/h2-10,15H,1H3. The number of nitrogens with zero attached hydrogens (tertiary/aromatic N) is 1. The molecule has 0 bridgehead atoms. The third-order valence-corrected chi connectivity index (χ3v) is 4.89. The van der Waals surface area contributed by atoms with Crippen molar-refractivity contribution in [3.8, 4) is 0 Å². The minimum Gasteiger partial charge on any atom is -0.391 e. The van der Waals surface area contributed by atoms with Crippen LogP contribution in [0, 0.1) is 0 Å². The van der Waals surface area contributed by atoms with E-state index in [1.54, 1.807) is 0 Å². The van der Waals surface area contributed by atoms with Gasteiger partial charge in [0.25, 0.3) is 0 Å². The first kappa shape index (κ1) is 11.1. The van der Waals surface area contributed by atoms with Gasteiger partial charge < -0.3 is 4.84 Å². The van der Waals surface area contributed by atoms with Crippen LogP contribution in [-0.4, -0.2) is 11.8 Å². The molecule has 0 saturated carbocycles. The second kappa shape index (κ2) is 4.14. The van der Waals surface area contributed by atoms with Gasteiger partial charge in [-0.05, 0) is 24.6 Å². The van der Waals surface area contributed by atoms with E-state index in [0.717, 1.165) is 5.71 Å². The SMILES string of the molecule is CC1ON=C2c3ccccc3Sc3ccccc3C21. The van der Waals surface area contributed by atoms with E-state index in [2.05, 4.69) is 60.6 Å². The summed E-state index contributed by atoms with van der Waals surface area (Å²) in [6.45, 7) is 2.09. The van der Waals surface area contributed by atoms with Gasteiger partial charge in [0.15, 0.2) is 0 Å². The third-order valence-electron chi connectivity index (χ3n) is 3.72. The molecule has 2 aliphatic rings. The number of oxime groups is 1. The highest BCUT2D eigenvalue weighted by Gasteiger charge is 2.37. The van der Waals surface area contributed by atoms with Crippen molar-refractivity contribution in [2.45, 2.75) is 28.7 Å². The normalized spacial score (nSPS) is 23.5. The minimum absolute atomic E-state index is 0.0999.